The van der Waals surface area contributed by atoms with Gasteiger partial charge in [0.2, 0.25) is 10.0 Å². The van der Waals surface area contributed by atoms with Crippen LogP contribution in [0.15, 0.2) is 59.5 Å². The number of sulfonamides is 1. The van der Waals surface area contributed by atoms with Crippen molar-refractivity contribution >= 4 is 39.4 Å². The first-order chi connectivity index (χ1) is 15.6. The number of thioether (sulfide) groups is 1. The largest absolute Gasteiger partial charge is 0.481 e. The topological polar surface area (TPSA) is 74.7 Å². The molecule has 1 heterocycles. The Hall–Kier alpha value is -1.54. The van der Waals surface area contributed by atoms with Gasteiger partial charge in [0.1, 0.15) is 0 Å². The zero-order chi connectivity index (χ0) is 24.3. The van der Waals surface area contributed by atoms with E-state index in [-0.39, 0.29) is 16.1 Å². The van der Waals surface area contributed by atoms with Gasteiger partial charge in [-0.3, -0.25) is 4.79 Å². The average Bonchev–Trinajstić information content (AvgIpc) is 3.11. The second-order valence-electron chi connectivity index (χ2n) is 9.26. The van der Waals surface area contributed by atoms with Crippen LogP contribution >= 0.6 is 23.4 Å². The number of carbonyl (C=O) groups is 1. The lowest BCUT2D eigenvalue weighted by Gasteiger charge is -2.33. The van der Waals surface area contributed by atoms with Gasteiger partial charge in [-0.15, -0.1) is 0 Å². The van der Waals surface area contributed by atoms with Gasteiger partial charge in [-0.05, 0) is 53.8 Å². The fourth-order valence-corrected chi connectivity index (χ4v) is 8.70. The van der Waals surface area contributed by atoms with Gasteiger partial charge in [0.25, 0.3) is 0 Å². The lowest BCUT2D eigenvalue weighted by molar-refractivity contribution is -0.142. The SMILES string of the molecule is CC(C)CCS[C@@H]1C(C(C)C)N(S(=O)(=O)c2ccccc2)[C@@H](c2ccc(Cl)cc2)[C@@H]1C(=O)O. The summed E-state index contributed by atoms with van der Waals surface area (Å²) in [5.74, 6) is -0.667. The van der Waals surface area contributed by atoms with Crippen LogP contribution in [-0.2, 0) is 14.8 Å². The van der Waals surface area contributed by atoms with E-state index in [0.717, 1.165) is 12.2 Å². The van der Waals surface area contributed by atoms with E-state index >= 15 is 0 Å². The Labute approximate surface area is 206 Å². The highest BCUT2D eigenvalue weighted by Crippen LogP contribution is 2.51. The van der Waals surface area contributed by atoms with E-state index in [2.05, 4.69) is 13.8 Å². The number of rotatable bonds is 9. The minimum Gasteiger partial charge on any atom is -0.481 e. The molecule has 0 bridgehead atoms. The molecular formula is C25H32ClNO4S2. The Bertz CT molecular complexity index is 1040. The molecule has 2 aromatic rings. The minimum absolute atomic E-state index is 0.0702. The van der Waals surface area contributed by atoms with Crippen LogP contribution in [0.2, 0.25) is 5.02 Å². The molecule has 4 atom stereocenters. The number of nitrogens with zero attached hydrogens (tertiary/aromatic N) is 1. The van der Waals surface area contributed by atoms with Crippen molar-refractivity contribution in [2.75, 3.05) is 5.75 Å². The summed E-state index contributed by atoms with van der Waals surface area (Å²) in [6.07, 6.45) is 0.940. The number of hydrogen-bond acceptors (Lipinski definition) is 4. The van der Waals surface area contributed by atoms with E-state index in [1.54, 1.807) is 66.4 Å². The highest BCUT2D eigenvalue weighted by atomic mass is 35.5. The van der Waals surface area contributed by atoms with Crippen molar-refractivity contribution in [3.8, 4) is 0 Å². The van der Waals surface area contributed by atoms with Gasteiger partial charge < -0.3 is 5.11 Å². The van der Waals surface area contributed by atoms with Gasteiger partial charge >= 0.3 is 5.97 Å². The molecule has 0 radical (unpaired) electrons. The van der Waals surface area contributed by atoms with Crippen molar-refractivity contribution in [3.05, 3.63) is 65.2 Å². The lowest BCUT2D eigenvalue weighted by atomic mass is 9.91. The van der Waals surface area contributed by atoms with E-state index in [4.69, 9.17) is 11.6 Å². The molecule has 0 aliphatic carbocycles. The summed E-state index contributed by atoms with van der Waals surface area (Å²) in [6, 6.07) is 13.9. The van der Waals surface area contributed by atoms with Crippen molar-refractivity contribution in [1.29, 1.82) is 0 Å². The molecule has 180 valence electrons. The summed E-state index contributed by atoms with van der Waals surface area (Å²) in [5, 5.41) is 10.5. The first-order valence-corrected chi connectivity index (χ1v) is 14.1. The minimum atomic E-state index is -3.96. The molecule has 1 aliphatic rings. The standard InChI is InChI=1S/C25H32ClNO4S2/c1-16(2)14-15-32-24-21(25(28)29)23(18-10-12-19(26)13-11-18)27(22(24)17(3)4)33(30,31)20-8-6-5-7-9-20/h5-13,16-17,21-24H,14-15H2,1-4H3,(H,28,29)/t21-,22?,23-,24-/m0/s1. The Kier molecular flexibility index (Phi) is 8.54. The summed E-state index contributed by atoms with van der Waals surface area (Å²) >= 11 is 7.68. The summed E-state index contributed by atoms with van der Waals surface area (Å²) < 4.78 is 29.5. The van der Waals surface area contributed by atoms with E-state index in [1.807, 2.05) is 13.8 Å². The summed E-state index contributed by atoms with van der Waals surface area (Å²) in [5.41, 5.74) is 0.643. The molecule has 5 nitrogen and oxygen atoms in total. The molecule has 2 aromatic carbocycles. The normalized spacial score (nSPS) is 24.0. The second-order valence-corrected chi connectivity index (χ2v) is 12.8. The van der Waals surface area contributed by atoms with Crippen LogP contribution in [0.5, 0.6) is 0 Å². The molecule has 0 amide bonds. The molecule has 0 spiro atoms. The lowest BCUT2D eigenvalue weighted by Crippen LogP contribution is -2.43. The molecule has 1 N–H and O–H groups in total. The molecule has 3 rings (SSSR count). The fraction of sp³-hybridized carbons (Fsp3) is 0.480. The van der Waals surface area contributed by atoms with Gasteiger partial charge in [0.15, 0.2) is 0 Å². The van der Waals surface area contributed by atoms with Crippen molar-refractivity contribution in [2.45, 2.75) is 56.3 Å². The van der Waals surface area contributed by atoms with Crippen LogP contribution in [0.1, 0.15) is 45.7 Å². The predicted molar refractivity (Wildman–Crippen MR) is 135 cm³/mol. The van der Waals surface area contributed by atoms with Crippen molar-refractivity contribution in [3.63, 3.8) is 0 Å². The van der Waals surface area contributed by atoms with Gasteiger partial charge in [-0.2, -0.15) is 16.1 Å². The number of hydrogen-bond donors (Lipinski definition) is 1. The van der Waals surface area contributed by atoms with Crippen LogP contribution in [0.3, 0.4) is 0 Å². The fourth-order valence-electron chi connectivity index (χ4n) is 4.51. The van der Waals surface area contributed by atoms with Crippen LogP contribution < -0.4 is 0 Å². The van der Waals surface area contributed by atoms with Crippen LogP contribution in [0, 0.1) is 17.8 Å². The molecule has 0 saturated carbocycles. The highest BCUT2D eigenvalue weighted by molar-refractivity contribution is 8.00. The summed E-state index contributed by atoms with van der Waals surface area (Å²) in [4.78, 5) is 12.8. The third kappa shape index (κ3) is 5.59. The average molecular weight is 510 g/mol. The molecule has 0 aromatic heterocycles. The zero-order valence-corrected chi connectivity index (χ0v) is 21.8. The van der Waals surface area contributed by atoms with Crippen molar-refractivity contribution in [2.24, 2.45) is 17.8 Å². The monoisotopic (exact) mass is 509 g/mol. The number of carboxylic acid groups (broad SMARTS) is 1. The van der Waals surface area contributed by atoms with Crippen molar-refractivity contribution < 1.29 is 18.3 Å². The van der Waals surface area contributed by atoms with Gasteiger partial charge in [0.05, 0.1) is 16.9 Å². The third-order valence-corrected chi connectivity index (χ3v) is 9.68. The molecular weight excluding hydrogens is 478 g/mol. The smallest absolute Gasteiger partial charge is 0.309 e. The van der Waals surface area contributed by atoms with E-state index in [0.29, 0.717) is 16.5 Å². The van der Waals surface area contributed by atoms with Gasteiger partial charge in [-0.25, -0.2) is 8.42 Å². The number of benzene rings is 2. The van der Waals surface area contributed by atoms with Crippen LogP contribution in [0.25, 0.3) is 0 Å². The van der Waals surface area contributed by atoms with Crippen LogP contribution in [0.4, 0.5) is 0 Å². The molecule has 8 heteroatoms. The maximum atomic E-state index is 14.0. The quantitative estimate of drug-likeness (QED) is 0.451. The van der Waals surface area contributed by atoms with E-state index in [9.17, 15) is 18.3 Å². The Balaban J connectivity index is 2.19. The maximum Gasteiger partial charge on any atom is 0.309 e. The molecule has 1 aliphatic heterocycles. The molecule has 1 unspecified atom stereocenters. The first kappa shape index (κ1) is 26.1. The zero-order valence-electron chi connectivity index (χ0n) is 19.4. The summed E-state index contributed by atoms with van der Waals surface area (Å²) in [6.45, 7) is 8.20. The third-order valence-electron chi connectivity index (χ3n) is 6.10. The Morgan fingerprint density at radius 1 is 1.06 bits per heavy atom. The Morgan fingerprint density at radius 3 is 2.18 bits per heavy atom. The highest BCUT2D eigenvalue weighted by Gasteiger charge is 2.58. The molecule has 33 heavy (non-hydrogen) atoms. The number of halogens is 1. The van der Waals surface area contributed by atoms with E-state index < -0.39 is 34.0 Å². The van der Waals surface area contributed by atoms with Gasteiger partial charge in [-0.1, -0.05) is 69.6 Å². The van der Waals surface area contributed by atoms with Gasteiger partial charge in [0, 0.05) is 16.3 Å². The maximum absolute atomic E-state index is 14.0. The van der Waals surface area contributed by atoms with Crippen molar-refractivity contribution in [1.82, 2.24) is 4.31 Å². The first-order valence-electron chi connectivity index (χ1n) is 11.2. The predicted octanol–water partition coefficient (Wildman–Crippen LogP) is 5.96. The number of aliphatic carboxylic acids is 1. The van der Waals surface area contributed by atoms with E-state index in [1.165, 1.54) is 4.31 Å². The second kappa shape index (κ2) is 10.8. The van der Waals surface area contributed by atoms with Crippen LogP contribution in [-0.4, -0.2) is 40.8 Å². The number of carboxylic acids is 1. The Morgan fingerprint density at radius 2 is 1.67 bits per heavy atom. The molecule has 1 saturated heterocycles. The summed E-state index contributed by atoms with van der Waals surface area (Å²) in [7, 11) is -3.96. The molecule has 1 fully saturated rings.